The third-order valence-electron chi connectivity index (χ3n) is 2.21. The predicted molar refractivity (Wildman–Crippen MR) is 59.5 cm³/mol. The molecule has 0 radical (unpaired) electrons. The maximum Gasteiger partial charge on any atom is 0.214 e. The molecule has 0 saturated heterocycles. The van der Waals surface area contributed by atoms with E-state index in [1.165, 1.54) is 12.3 Å². The van der Waals surface area contributed by atoms with Crippen molar-refractivity contribution in [3.8, 4) is 0 Å². The summed E-state index contributed by atoms with van der Waals surface area (Å²) in [5.41, 5.74) is 0.762. The van der Waals surface area contributed by atoms with Crippen molar-refractivity contribution >= 4 is 5.69 Å². The first-order chi connectivity index (χ1) is 7.84. The maximum atomic E-state index is 12.7. The molecule has 2 aromatic rings. The molecule has 2 heterocycles. The van der Waals surface area contributed by atoms with Gasteiger partial charge in [-0.2, -0.15) is 4.39 Å². The fourth-order valence-corrected chi connectivity index (χ4v) is 1.43. The second-order valence-corrected chi connectivity index (χ2v) is 3.45. The van der Waals surface area contributed by atoms with Crippen molar-refractivity contribution in [2.45, 2.75) is 13.0 Å². The quantitative estimate of drug-likeness (QED) is 0.618. The third kappa shape index (κ3) is 3.05. The van der Waals surface area contributed by atoms with Crippen LogP contribution in [-0.4, -0.2) is 21.1 Å². The van der Waals surface area contributed by atoms with Gasteiger partial charge in [0, 0.05) is 43.4 Å². The zero-order valence-corrected chi connectivity index (χ0v) is 8.81. The van der Waals surface area contributed by atoms with Crippen LogP contribution in [-0.2, 0) is 6.54 Å². The van der Waals surface area contributed by atoms with Gasteiger partial charge in [0.1, 0.15) is 0 Å². The molecule has 4 nitrogen and oxygen atoms in total. The van der Waals surface area contributed by atoms with E-state index in [2.05, 4.69) is 15.3 Å². The van der Waals surface area contributed by atoms with Gasteiger partial charge in [-0.25, -0.2) is 9.97 Å². The summed E-state index contributed by atoms with van der Waals surface area (Å²) < 4.78 is 14.7. The lowest BCUT2D eigenvalue weighted by atomic mass is 10.3. The van der Waals surface area contributed by atoms with Crippen molar-refractivity contribution in [3.05, 3.63) is 43.0 Å². The second kappa shape index (κ2) is 5.25. The van der Waals surface area contributed by atoms with Gasteiger partial charge in [0.2, 0.25) is 5.95 Å². The lowest BCUT2D eigenvalue weighted by Crippen LogP contribution is -2.06. The highest BCUT2D eigenvalue weighted by Crippen LogP contribution is 2.06. The summed E-state index contributed by atoms with van der Waals surface area (Å²) in [6, 6.07) is 3.14. The van der Waals surface area contributed by atoms with Crippen LogP contribution in [0.15, 0.2) is 37.1 Å². The van der Waals surface area contributed by atoms with Crippen LogP contribution in [0.3, 0.4) is 0 Å². The standard InChI is InChI=1S/C11H13FN4/c12-11-8-10(2-4-15-11)14-3-1-6-16-7-5-13-9-16/h2,4-5,7-9H,1,3,6H2,(H,14,15). The van der Waals surface area contributed by atoms with Crippen LogP contribution in [0, 0.1) is 5.95 Å². The Morgan fingerprint density at radius 1 is 1.38 bits per heavy atom. The van der Waals surface area contributed by atoms with Crippen LogP contribution < -0.4 is 5.32 Å². The molecule has 0 aliphatic heterocycles. The molecule has 5 heteroatoms. The summed E-state index contributed by atoms with van der Waals surface area (Å²) in [5, 5.41) is 3.13. The molecule has 0 amide bonds. The smallest absolute Gasteiger partial charge is 0.214 e. The zero-order chi connectivity index (χ0) is 11.2. The number of aryl methyl sites for hydroxylation is 1. The SMILES string of the molecule is Fc1cc(NCCCn2ccnc2)ccn1. The van der Waals surface area contributed by atoms with E-state index in [1.54, 1.807) is 18.6 Å². The lowest BCUT2D eigenvalue weighted by molar-refractivity contribution is 0.584. The normalized spacial score (nSPS) is 10.3. The number of halogens is 1. The molecule has 1 N–H and O–H groups in total. The molecule has 84 valence electrons. The molecule has 0 saturated carbocycles. The van der Waals surface area contributed by atoms with Crippen molar-refractivity contribution in [3.63, 3.8) is 0 Å². The zero-order valence-electron chi connectivity index (χ0n) is 8.81. The largest absolute Gasteiger partial charge is 0.385 e. The number of nitrogens with zero attached hydrogens (tertiary/aromatic N) is 3. The van der Waals surface area contributed by atoms with Crippen molar-refractivity contribution in [2.75, 3.05) is 11.9 Å². The Bertz CT molecular complexity index is 427. The van der Waals surface area contributed by atoms with Gasteiger partial charge < -0.3 is 9.88 Å². The first kappa shape index (κ1) is 10.6. The summed E-state index contributed by atoms with van der Waals surface area (Å²) in [4.78, 5) is 7.45. The third-order valence-corrected chi connectivity index (χ3v) is 2.21. The van der Waals surface area contributed by atoms with Crippen LogP contribution in [0.5, 0.6) is 0 Å². The highest BCUT2D eigenvalue weighted by Gasteiger charge is 1.95. The van der Waals surface area contributed by atoms with Gasteiger partial charge in [0.25, 0.3) is 0 Å². The number of imidazole rings is 1. The van der Waals surface area contributed by atoms with Gasteiger partial charge in [-0.05, 0) is 12.5 Å². The Balaban J connectivity index is 1.72. The summed E-state index contributed by atoms with van der Waals surface area (Å²) in [6.07, 6.45) is 7.87. The molecule has 0 aliphatic rings. The number of hydrogen-bond donors (Lipinski definition) is 1. The molecule has 2 rings (SSSR count). The Kier molecular flexibility index (Phi) is 3.48. The van der Waals surface area contributed by atoms with E-state index in [9.17, 15) is 4.39 Å². The highest BCUT2D eigenvalue weighted by atomic mass is 19.1. The monoisotopic (exact) mass is 220 g/mol. The molecule has 0 aliphatic carbocycles. The molecule has 0 bridgehead atoms. The van der Waals surface area contributed by atoms with E-state index in [0.29, 0.717) is 0 Å². The van der Waals surface area contributed by atoms with E-state index in [-0.39, 0.29) is 0 Å². The summed E-state index contributed by atoms with van der Waals surface area (Å²) >= 11 is 0. The molecule has 0 atom stereocenters. The van der Waals surface area contributed by atoms with Gasteiger partial charge in [0.15, 0.2) is 0 Å². The molecular weight excluding hydrogens is 207 g/mol. The number of pyridine rings is 1. The minimum atomic E-state index is -0.459. The van der Waals surface area contributed by atoms with E-state index in [4.69, 9.17) is 0 Å². The Morgan fingerprint density at radius 3 is 3.06 bits per heavy atom. The summed E-state index contributed by atoms with van der Waals surface area (Å²) in [6.45, 7) is 1.70. The van der Waals surface area contributed by atoms with Gasteiger partial charge in [-0.3, -0.25) is 0 Å². The molecular formula is C11H13FN4. The minimum Gasteiger partial charge on any atom is -0.385 e. The van der Waals surface area contributed by atoms with Gasteiger partial charge in [-0.1, -0.05) is 0 Å². The first-order valence-electron chi connectivity index (χ1n) is 5.16. The fraction of sp³-hybridized carbons (Fsp3) is 0.273. The second-order valence-electron chi connectivity index (χ2n) is 3.45. The molecule has 0 fully saturated rings. The summed E-state index contributed by atoms with van der Waals surface area (Å²) in [5.74, 6) is -0.459. The molecule has 0 spiro atoms. The number of nitrogens with one attached hydrogen (secondary N) is 1. The van der Waals surface area contributed by atoms with E-state index < -0.39 is 5.95 Å². The molecule has 2 aromatic heterocycles. The van der Waals surface area contributed by atoms with E-state index in [0.717, 1.165) is 25.2 Å². The van der Waals surface area contributed by atoms with Crippen molar-refractivity contribution in [1.82, 2.24) is 14.5 Å². The van der Waals surface area contributed by atoms with Gasteiger partial charge >= 0.3 is 0 Å². The first-order valence-corrected chi connectivity index (χ1v) is 5.16. The van der Waals surface area contributed by atoms with Crippen molar-refractivity contribution < 1.29 is 4.39 Å². The average molecular weight is 220 g/mol. The van der Waals surface area contributed by atoms with Crippen molar-refractivity contribution in [1.29, 1.82) is 0 Å². The van der Waals surface area contributed by atoms with Crippen LogP contribution in [0.2, 0.25) is 0 Å². The number of anilines is 1. The maximum absolute atomic E-state index is 12.7. The van der Waals surface area contributed by atoms with E-state index in [1.807, 2.05) is 10.8 Å². The number of rotatable bonds is 5. The van der Waals surface area contributed by atoms with Crippen LogP contribution >= 0.6 is 0 Å². The molecule has 0 unspecified atom stereocenters. The topological polar surface area (TPSA) is 42.7 Å². The van der Waals surface area contributed by atoms with Crippen LogP contribution in [0.1, 0.15) is 6.42 Å². The minimum absolute atomic E-state index is 0.459. The highest BCUT2D eigenvalue weighted by molar-refractivity contribution is 5.40. The number of aromatic nitrogens is 3. The van der Waals surface area contributed by atoms with Crippen LogP contribution in [0.25, 0.3) is 0 Å². The van der Waals surface area contributed by atoms with Gasteiger partial charge in [-0.15, -0.1) is 0 Å². The molecule has 16 heavy (non-hydrogen) atoms. The van der Waals surface area contributed by atoms with Crippen molar-refractivity contribution in [2.24, 2.45) is 0 Å². The Morgan fingerprint density at radius 2 is 2.31 bits per heavy atom. The lowest BCUT2D eigenvalue weighted by Gasteiger charge is -2.06. The Labute approximate surface area is 93.2 Å². The number of hydrogen-bond acceptors (Lipinski definition) is 3. The average Bonchev–Trinajstić information content (AvgIpc) is 2.77. The predicted octanol–water partition coefficient (Wildman–Crippen LogP) is 1.92. The van der Waals surface area contributed by atoms with Gasteiger partial charge in [0.05, 0.1) is 6.33 Å². The van der Waals surface area contributed by atoms with Crippen LogP contribution in [0.4, 0.5) is 10.1 Å². The molecule has 0 aromatic carbocycles. The fourth-order valence-electron chi connectivity index (χ4n) is 1.43. The summed E-state index contributed by atoms with van der Waals surface area (Å²) in [7, 11) is 0. The Hall–Kier alpha value is -1.91. The van der Waals surface area contributed by atoms with E-state index >= 15 is 0 Å².